The second-order valence-corrected chi connectivity index (χ2v) is 7.69. The molecule has 0 bridgehead atoms. The first kappa shape index (κ1) is 17.9. The fraction of sp³-hybridized carbons (Fsp3) is 0.333. The fourth-order valence-electron chi connectivity index (χ4n) is 3.86. The molecule has 150 valence electrons. The van der Waals surface area contributed by atoms with E-state index in [0.717, 1.165) is 35.6 Å². The van der Waals surface area contributed by atoms with E-state index in [9.17, 15) is 9.18 Å². The highest BCUT2D eigenvalue weighted by molar-refractivity contribution is 6.10. The number of carbonyl (C=O) groups is 1. The molecule has 1 saturated heterocycles. The summed E-state index contributed by atoms with van der Waals surface area (Å²) in [4.78, 5) is 14.1. The van der Waals surface area contributed by atoms with Crippen molar-refractivity contribution in [2.24, 2.45) is 5.10 Å². The lowest BCUT2D eigenvalue weighted by molar-refractivity contribution is -0.122. The summed E-state index contributed by atoms with van der Waals surface area (Å²) in [5.74, 6) is 0.810. The number of hydrazone groups is 1. The van der Waals surface area contributed by atoms with E-state index >= 15 is 0 Å². The molecule has 0 spiro atoms. The maximum Gasteiger partial charge on any atom is 0.262 e. The minimum Gasteiger partial charge on any atom is -0.483 e. The van der Waals surface area contributed by atoms with Crippen LogP contribution in [-0.4, -0.2) is 43.5 Å². The highest BCUT2D eigenvalue weighted by atomic mass is 19.1. The van der Waals surface area contributed by atoms with Gasteiger partial charge in [0, 0.05) is 29.9 Å². The number of rotatable bonds is 3. The van der Waals surface area contributed by atoms with Gasteiger partial charge < -0.3 is 20.3 Å². The monoisotopic (exact) mass is 395 g/mol. The van der Waals surface area contributed by atoms with E-state index in [1.54, 1.807) is 6.07 Å². The molecule has 1 atom stereocenters. The Morgan fingerprint density at radius 2 is 2.07 bits per heavy atom. The zero-order chi connectivity index (χ0) is 20.1. The van der Waals surface area contributed by atoms with Crippen LogP contribution in [0.2, 0.25) is 0 Å². The van der Waals surface area contributed by atoms with Crippen molar-refractivity contribution >= 4 is 23.1 Å². The van der Waals surface area contributed by atoms with Crippen LogP contribution in [0.1, 0.15) is 12.5 Å². The van der Waals surface area contributed by atoms with Gasteiger partial charge in [-0.2, -0.15) is 5.10 Å². The molecule has 7 nitrogen and oxygen atoms in total. The van der Waals surface area contributed by atoms with Crippen LogP contribution in [0.15, 0.2) is 35.4 Å². The lowest BCUT2D eigenvalue weighted by atomic mass is 9.98. The number of aryl methyl sites for hydroxylation is 1. The summed E-state index contributed by atoms with van der Waals surface area (Å²) in [5.41, 5.74) is 6.21. The number of halogens is 1. The van der Waals surface area contributed by atoms with Crippen molar-refractivity contribution in [3.05, 3.63) is 41.7 Å². The normalized spacial score (nSPS) is 20.7. The van der Waals surface area contributed by atoms with Crippen LogP contribution in [0.4, 0.5) is 15.8 Å². The van der Waals surface area contributed by atoms with Gasteiger partial charge in [-0.05, 0) is 37.6 Å². The molecule has 5 rings (SSSR count). The summed E-state index contributed by atoms with van der Waals surface area (Å²) >= 11 is 0. The fourth-order valence-corrected chi connectivity index (χ4v) is 3.86. The number of ether oxygens (including phenoxy) is 1. The molecule has 1 fully saturated rings. The quantitative estimate of drug-likeness (QED) is 0.743. The van der Waals surface area contributed by atoms with E-state index in [0.29, 0.717) is 17.1 Å². The zero-order valence-corrected chi connectivity index (χ0v) is 16.3. The van der Waals surface area contributed by atoms with E-state index in [1.165, 1.54) is 6.07 Å². The predicted octanol–water partition coefficient (Wildman–Crippen LogP) is 2.22. The number of amidine groups is 1. The number of anilines is 2. The van der Waals surface area contributed by atoms with Crippen LogP contribution in [0.25, 0.3) is 11.1 Å². The van der Waals surface area contributed by atoms with Crippen molar-refractivity contribution in [3.63, 3.8) is 0 Å². The van der Waals surface area contributed by atoms with E-state index < -0.39 is 6.04 Å². The Bertz CT molecular complexity index is 1030. The van der Waals surface area contributed by atoms with Crippen molar-refractivity contribution in [3.8, 4) is 16.9 Å². The standard InChI is InChI=1S/C21H22FN5O2/c1-11-3-4-14(16(22)5-11)15-6-19-18(7-17(15)24-13-8-23-9-13)27-12(2)21(28)26-25-20(27)10-29-19/h3-7,12-13,23-24H,8-10H2,1-2H3,(H,26,28). The summed E-state index contributed by atoms with van der Waals surface area (Å²) in [5, 5.41) is 10.9. The van der Waals surface area contributed by atoms with E-state index in [2.05, 4.69) is 21.2 Å². The van der Waals surface area contributed by atoms with Gasteiger partial charge in [-0.15, -0.1) is 0 Å². The first-order chi connectivity index (χ1) is 14.0. The van der Waals surface area contributed by atoms with E-state index in [4.69, 9.17) is 4.74 Å². The third-order valence-corrected chi connectivity index (χ3v) is 5.61. The minimum absolute atomic E-state index is 0.173. The number of fused-ring (bicyclic) bond motifs is 3. The second kappa shape index (κ2) is 6.73. The summed E-state index contributed by atoms with van der Waals surface area (Å²) in [7, 11) is 0. The molecule has 2 aromatic rings. The first-order valence-electron chi connectivity index (χ1n) is 9.71. The molecule has 0 radical (unpaired) electrons. The van der Waals surface area contributed by atoms with Crippen molar-refractivity contribution in [2.75, 3.05) is 29.9 Å². The highest BCUT2D eigenvalue weighted by Gasteiger charge is 2.36. The largest absolute Gasteiger partial charge is 0.483 e. The summed E-state index contributed by atoms with van der Waals surface area (Å²) in [6, 6.07) is 8.87. The lowest BCUT2D eigenvalue weighted by Gasteiger charge is -2.39. The average Bonchev–Trinajstić information content (AvgIpc) is 2.67. The Labute approximate surface area is 167 Å². The van der Waals surface area contributed by atoms with E-state index in [1.807, 2.05) is 36.9 Å². The average molecular weight is 395 g/mol. The van der Waals surface area contributed by atoms with Gasteiger partial charge in [-0.1, -0.05) is 12.1 Å². The van der Waals surface area contributed by atoms with Crippen LogP contribution in [0, 0.1) is 12.7 Å². The molecule has 0 aliphatic carbocycles. The predicted molar refractivity (Wildman–Crippen MR) is 110 cm³/mol. The first-order valence-corrected chi connectivity index (χ1v) is 9.71. The Balaban J connectivity index is 1.65. The van der Waals surface area contributed by atoms with Gasteiger partial charge in [0.1, 0.15) is 24.2 Å². The topological polar surface area (TPSA) is 78.0 Å². The molecule has 8 heteroatoms. The lowest BCUT2D eigenvalue weighted by Crippen LogP contribution is -2.55. The molecule has 3 aliphatic heterocycles. The Hall–Kier alpha value is -3.13. The van der Waals surface area contributed by atoms with Gasteiger partial charge in [0.2, 0.25) is 0 Å². The molecule has 0 aromatic heterocycles. The number of carbonyl (C=O) groups excluding carboxylic acids is 1. The zero-order valence-electron chi connectivity index (χ0n) is 16.3. The number of hydrogen-bond acceptors (Lipinski definition) is 6. The van der Waals surface area contributed by atoms with Crippen molar-refractivity contribution in [1.82, 2.24) is 10.7 Å². The van der Waals surface area contributed by atoms with Crippen molar-refractivity contribution in [2.45, 2.75) is 25.9 Å². The molecule has 1 unspecified atom stereocenters. The number of nitrogens with zero attached hydrogens (tertiary/aromatic N) is 2. The molecule has 0 saturated carbocycles. The van der Waals surface area contributed by atoms with Crippen LogP contribution in [0.5, 0.6) is 5.75 Å². The summed E-state index contributed by atoms with van der Waals surface area (Å²) in [6.07, 6.45) is 0. The highest BCUT2D eigenvalue weighted by Crippen LogP contribution is 2.43. The molecular formula is C21H22FN5O2. The minimum atomic E-state index is -0.412. The molecular weight excluding hydrogens is 373 g/mol. The molecule has 3 aliphatic rings. The third kappa shape index (κ3) is 3.00. The molecule has 29 heavy (non-hydrogen) atoms. The van der Waals surface area contributed by atoms with Crippen LogP contribution in [-0.2, 0) is 4.79 Å². The van der Waals surface area contributed by atoms with Crippen molar-refractivity contribution in [1.29, 1.82) is 0 Å². The van der Waals surface area contributed by atoms with Gasteiger partial charge in [0.05, 0.1) is 11.7 Å². The molecule has 1 amide bonds. The summed E-state index contributed by atoms with van der Waals surface area (Å²) < 4.78 is 20.7. The smallest absolute Gasteiger partial charge is 0.262 e. The Kier molecular flexibility index (Phi) is 4.16. The molecule has 3 N–H and O–H groups in total. The van der Waals surface area contributed by atoms with Gasteiger partial charge >= 0.3 is 0 Å². The van der Waals surface area contributed by atoms with Gasteiger partial charge in [0.15, 0.2) is 5.84 Å². The molecule has 2 aromatic carbocycles. The van der Waals surface area contributed by atoms with Gasteiger partial charge in [-0.3, -0.25) is 4.79 Å². The number of hydrogen-bond donors (Lipinski definition) is 3. The van der Waals surface area contributed by atoms with E-state index in [-0.39, 0.29) is 24.4 Å². The SMILES string of the molecule is Cc1ccc(-c2cc3c(cc2NC2CNC2)N2C(=NNC(=O)C2C)CO3)c(F)c1. The maximum absolute atomic E-state index is 14.8. The number of amides is 1. The Morgan fingerprint density at radius 1 is 1.24 bits per heavy atom. The van der Waals surface area contributed by atoms with Crippen LogP contribution in [0.3, 0.4) is 0 Å². The maximum atomic E-state index is 14.8. The third-order valence-electron chi connectivity index (χ3n) is 5.61. The van der Waals surface area contributed by atoms with Crippen LogP contribution >= 0.6 is 0 Å². The van der Waals surface area contributed by atoms with Gasteiger partial charge in [0.25, 0.3) is 5.91 Å². The number of benzene rings is 2. The van der Waals surface area contributed by atoms with Crippen molar-refractivity contribution < 1.29 is 13.9 Å². The Morgan fingerprint density at radius 3 is 2.79 bits per heavy atom. The number of nitrogens with one attached hydrogen (secondary N) is 3. The second-order valence-electron chi connectivity index (χ2n) is 7.69. The molecule has 3 heterocycles. The van der Waals surface area contributed by atoms with Crippen LogP contribution < -0.4 is 25.7 Å². The van der Waals surface area contributed by atoms with Gasteiger partial charge in [-0.25, -0.2) is 9.82 Å². The summed E-state index contributed by atoms with van der Waals surface area (Å²) in [6.45, 7) is 5.63.